The predicted octanol–water partition coefficient (Wildman–Crippen LogP) is 3.26. The number of thioether (sulfide) groups is 1. The molecule has 2 rings (SSSR count). The zero-order chi connectivity index (χ0) is 20.7. The lowest BCUT2D eigenvalue weighted by Gasteiger charge is -2.24. The maximum absolute atomic E-state index is 13.6. The second-order valence-electron chi connectivity index (χ2n) is 6.55. The van der Waals surface area contributed by atoms with Crippen molar-refractivity contribution in [2.45, 2.75) is 19.6 Å². The minimum absolute atomic E-state index is 0.239. The molecule has 0 aliphatic rings. The van der Waals surface area contributed by atoms with Crippen LogP contribution in [-0.4, -0.2) is 39.4 Å². The van der Waals surface area contributed by atoms with Crippen molar-refractivity contribution in [3.63, 3.8) is 0 Å². The van der Waals surface area contributed by atoms with Crippen LogP contribution in [0.1, 0.15) is 16.7 Å². The number of hydrogen-bond acceptors (Lipinski definition) is 4. The molecule has 0 bridgehead atoms. The lowest BCUT2D eigenvalue weighted by molar-refractivity contribution is -0.119. The molecule has 0 radical (unpaired) electrons. The average molecular weight is 425 g/mol. The van der Waals surface area contributed by atoms with Gasteiger partial charge in [-0.3, -0.25) is 9.10 Å². The number of nitrogens with one attached hydrogen (secondary N) is 1. The molecule has 8 heteroatoms. The summed E-state index contributed by atoms with van der Waals surface area (Å²) in [5.74, 6) is 0.498. The molecule has 0 saturated heterocycles. The van der Waals surface area contributed by atoms with Crippen molar-refractivity contribution in [2.75, 3.05) is 29.4 Å². The van der Waals surface area contributed by atoms with Gasteiger partial charge in [0.1, 0.15) is 12.4 Å². The third kappa shape index (κ3) is 6.53. The molecule has 5 nitrogen and oxygen atoms in total. The minimum atomic E-state index is -3.60. The van der Waals surface area contributed by atoms with Gasteiger partial charge in [-0.05, 0) is 42.7 Å². The maximum atomic E-state index is 13.6. The summed E-state index contributed by atoms with van der Waals surface area (Å²) in [5, 5.41) is 2.73. The highest BCUT2D eigenvalue weighted by Gasteiger charge is 2.22. The van der Waals surface area contributed by atoms with E-state index in [-0.39, 0.29) is 18.3 Å². The Morgan fingerprint density at radius 1 is 1.18 bits per heavy atom. The average Bonchev–Trinajstić information content (AvgIpc) is 2.62. The van der Waals surface area contributed by atoms with E-state index in [0.717, 1.165) is 21.7 Å². The first-order valence-corrected chi connectivity index (χ1v) is 11.8. The number of benzene rings is 2. The molecule has 2 aromatic carbocycles. The van der Waals surface area contributed by atoms with Crippen molar-refractivity contribution in [3.8, 4) is 0 Å². The molecule has 2 aromatic rings. The van der Waals surface area contributed by atoms with Crippen molar-refractivity contribution in [3.05, 3.63) is 65.0 Å². The van der Waals surface area contributed by atoms with Crippen LogP contribution in [0.4, 0.5) is 10.1 Å². The minimum Gasteiger partial charge on any atom is -0.354 e. The molecule has 0 aromatic heterocycles. The summed E-state index contributed by atoms with van der Waals surface area (Å²) in [6.45, 7) is 3.78. The van der Waals surface area contributed by atoms with Gasteiger partial charge in [-0.25, -0.2) is 12.8 Å². The van der Waals surface area contributed by atoms with E-state index in [1.165, 1.54) is 17.8 Å². The van der Waals surface area contributed by atoms with Crippen LogP contribution in [0.15, 0.2) is 42.5 Å². The Hall–Kier alpha value is -2.06. The van der Waals surface area contributed by atoms with Crippen molar-refractivity contribution < 1.29 is 17.6 Å². The first-order chi connectivity index (χ1) is 13.2. The molecular formula is C20H25FN2O3S2. The van der Waals surface area contributed by atoms with Crippen LogP contribution in [0, 0.1) is 19.7 Å². The second-order valence-corrected chi connectivity index (χ2v) is 9.57. The van der Waals surface area contributed by atoms with Crippen LogP contribution in [0.25, 0.3) is 0 Å². The smallest absolute Gasteiger partial charge is 0.240 e. The van der Waals surface area contributed by atoms with Gasteiger partial charge in [0.15, 0.2) is 0 Å². The molecule has 0 saturated carbocycles. The molecule has 0 atom stereocenters. The molecule has 0 fully saturated rings. The Morgan fingerprint density at radius 2 is 1.89 bits per heavy atom. The van der Waals surface area contributed by atoms with Crippen molar-refractivity contribution in [1.29, 1.82) is 0 Å². The van der Waals surface area contributed by atoms with Crippen molar-refractivity contribution in [1.82, 2.24) is 5.32 Å². The Balaban J connectivity index is 1.89. The molecule has 0 heterocycles. The number of sulfonamides is 1. The van der Waals surface area contributed by atoms with Crippen LogP contribution in [0.3, 0.4) is 0 Å². The molecule has 1 N–H and O–H groups in total. The molecule has 0 aliphatic carbocycles. The molecular weight excluding hydrogens is 399 g/mol. The highest BCUT2D eigenvalue weighted by Crippen LogP contribution is 2.23. The number of anilines is 1. The Labute approximate surface area is 170 Å². The van der Waals surface area contributed by atoms with E-state index in [4.69, 9.17) is 0 Å². The fourth-order valence-electron chi connectivity index (χ4n) is 2.62. The summed E-state index contributed by atoms with van der Waals surface area (Å²) in [6, 6.07) is 12.1. The summed E-state index contributed by atoms with van der Waals surface area (Å²) in [6.07, 6.45) is 1.09. The van der Waals surface area contributed by atoms with E-state index >= 15 is 0 Å². The number of nitrogens with zero attached hydrogens (tertiary/aromatic N) is 1. The number of rotatable bonds is 9. The highest BCUT2D eigenvalue weighted by atomic mass is 32.2. The Morgan fingerprint density at radius 3 is 2.57 bits per heavy atom. The Kier molecular flexibility index (Phi) is 7.88. The predicted molar refractivity (Wildman–Crippen MR) is 114 cm³/mol. The van der Waals surface area contributed by atoms with Gasteiger partial charge in [0.25, 0.3) is 0 Å². The monoisotopic (exact) mass is 424 g/mol. The number of carbonyl (C=O) groups excluding carboxylic acids is 1. The number of amides is 1. The maximum Gasteiger partial charge on any atom is 0.240 e. The highest BCUT2D eigenvalue weighted by molar-refractivity contribution is 7.98. The number of hydrogen-bond donors (Lipinski definition) is 1. The number of aryl methyl sites for hydroxylation is 2. The normalized spacial score (nSPS) is 11.3. The third-order valence-corrected chi connectivity index (χ3v) is 6.24. The fraction of sp³-hybridized carbons (Fsp3) is 0.350. The second kappa shape index (κ2) is 9.93. The largest absolute Gasteiger partial charge is 0.354 e. The Bertz CT molecular complexity index is 933. The van der Waals surface area contributed by atoms with E-state index in [1.54, 1.807) is 24.3 Å². The van der Waals surface area contributed by atoms with Crippen LogP contribution >= 0.6 is 11.8 Å². The zero-order valence-corrected chi connectivity index (χ0v) is 17.9. The first-order valence-electron chi connectivity index (χ1n) is 8.81. The van der Waals surface area contributed by atoms with Crippen molar-refractivity contribution >= 4 is 33.4 Å². The van der Waals surface area contributed by atoms with E-state index < -0.39 is 10.0 Å². The van der Waals surface area contributed by atoms with Crippen LogP contribution < -0.4 is 9.62 Å². The number of carbonyl (C=O) groups is 1. The SMILES string of the molecule is Cc1ccc(C)c(N(CC(=O)NCCSCc2ccccc2F)S(C)(=O)=O)c1. The molecule has 0 spiro atoms. The topological polar surface area (TPSA) is 66.5 Å². The van der Waals surface area contributed by atoms with E-state index in [0.29, 0.717) is 29.3 Å². The van der Waals surface area contributed by atoms with Gasteiger partial charge in [-0.2, -0.15) is 11.8 Å². The zero-order valence-electron chi connectivity index (χ0n) is 16.2. The van der Waals surface area contributed by atoms with Crippen LogP contribution in [-0.2, 0) is 20.6 Å². The number of halogens is 1. The molecule has 0 aliphatic heterocycles. The van der Waals surface area contributed by atoms with Gasteiger partial charge in [-0.15, -0.1) is 0 Å². The van der Waals surface area contributed by atoms with Gasteiger partial charge >= 0.3 is 0 Å². The standard InChI is InChI=1S/C20H25FN2O3S2/c1-15-8-9-16(2)19(12-15)23(28(3,25)26)13-20(24)22-10-11-27-14-17-6-4-5-7-18(17)21/h4-9,12H,10-11,13-14H2,1-3H3,(H,22,24). The van der Waals surface area contributed by atoms with E-state index in [2.05, 4.69) is 5.32 Å². The van der Waals surface area contributed by atoms with Gasteiger partial charge in [-0.1, -0.05) is 30.3 Å². The summed E-state index contributed by atoms with van der Waals surface area (Å²) in [5.41, 5.74) is 2.83. The van der Waals surface area contributed by atoms with Crippen LogP contribution in [0.5, 0.6) is 0 Å². The summed E-state index contributed by atoms with van der Waals surface area (Å²) in [4.78, 5) is 12.3. The lowest BCUT2D eigenvalue weighted by Crippen LogP contribution is -2.41. The summed E-state index contributed by atoms with van der Waals surface area (Å²) < 4.78 is 39.1. The lowest BCUT2D eigenvalue weighted by atomic mass is 10.1. The van der Waals surface area contributed by atoms with Gasteiger partial charge in [0.2, 0.25) is 15.9 Å². The van der Waals surface area contributed by atoms with E-state index in [1.807, 2.05) is 26.0 Å². The molecule has 0 unspecified atom stereocenters. The molecule has 1 amide bonds. The molecule has 28 heavy (non-hydrogen) atoms. The van der Waals surface area contributed by atoms with Gasteiger partial charge in [0.05, 0.1) is 11.9 Å². The fourth-order valence-corrected chi connectivity index (χ4v) is 4.37. The summed E-state index contributed by atoms with van der Waals surface area (Å²) >= 11 is 1.50. The molecule has 152 valence electrons. The first kappa shape index (κ1) is 22.2. The van der Waals surface area contributed by atoms with E-state index in [9.17, 15) is 17.6 Å². The van der Waals surface area contributed by atoms with Gasteiger partial charge in [0, 0.05) is 18.1 Å². The summed E-state index contributed by atoms with van der Waals surface area (Å²) in [7, 11) is -3.60. The third-order valence-electron chi connectivity index (χ3n) is 4.10. The van der Waals surface area contributed by atoms with Crippen molar-refractivity contribution in [2.24, 2.45) is 0 Å². The van der Waals surface area contributed by atoms with Gasteiger partial charge < -0.3 is 5.32 Å². The van der Waals surface area contributed by atoms with Crippen LogP contribution in [0.2, 0.25) is 0 Å². The quantitative estimate of drug-likeness (QED) is 0.628.